The first kappa shape index (κ1) is 16.5. The molecule has 3 heteroatoms. The van der Waals surface area contributed by atoms with Crippen LogP contribution in [-0.2, 0) is 14.3 Å². The SMILES string of the molecule is CCOC(=O)C1(C)C(=O)C[C@H]2C(C)(C)CCC[C@]2(C)C1C. The fourth-order valence-electron chi connectivity index (χ4n) is 5.06. The molecule has 4 atom stereocenters. The molecule has 0 bridgehead atoms. The Kier molecular flexibility index (Phi) is 4.01. The number of ether oxygens (including phenoxy) is 1. The maximum absolute atomic E-state index is 12.8. The van der Waals surface area contributed by atoms with Crippen molar-refractivity contribution in [3.63, 3.8) is 0 Å². The van der Waals surface area contributed by atoms with Gasteiger partial charge in [-0.1, -0.05) is 34.1 Å². The quantitative estimate of drug-likeness (QED) is 0.571. The van der Waals surface area contributed by atoms with Crippen molar-refractivity contribution in [1.29, 1.82) is 0 Å². The number of carbonyl (C=O) groups excluding carboxylic acids is 2. The third kappa shape index (κ3) is 2.24. The molecular formula is C18H30O3. The molecule has 2 rings (SSSR count). The van der Waals surface area contributed by atoms with Crippen LogP contribution in [0.4, 0.5) is 0 Å². The molecule has 2 unspecified atom stereocenters. The second kappa shape index (κ2) is 5.10. The standard InChI is InChI=1S/C18H30O3/c1-7-21-15(20)18(6)12(2)17(5)10-8-9-16(3,4)13(17)11-14(18)19/h12-13H,7-11H2,1-6H3/t12?,13-,17+,18?/m0/s1. The van der Waals surface area contributed by atoms with Crippen molar-refractivity contribution < 1.29 is 14.3 Å². The normalized spacial score (nSPS) is 42.3. The van der Waals surface area contributed by atoms with Gasteiger partial charge in [0.25, 0.3) is 0 Å². The van der Waals surface area contributed by atoms with E-state index in [2.05, 4.69) is 27.7 Å². The van der Waals surface area contributed by atoms with Crippen LogP contribution in [-0.4, -0.2) is 18.4 Å². The topological polar surface area (TPSA) is 43.4 Å². The van der Waals surface area contributed by atoms with Crippen molar-refractivity contribution in [2.24, 2.45) is 28.1 Å². The zero-order chi connectivity index (χ0) is 16.1. The van der Waals surface area contributed by atoms with E-state index in [9.17, 15) is 9.59 Å². The Balaban J connectivity index is 2.43. The van der Waals surface area contributed by atoms with Crippen LogP contribution in [0.2, 0.25) is 0 Å². The number of carbonyl (C=O) groups is 2. The first-order chi connectivity index (χ1) is 9.60. The summed E-state index contributed by atoms with van der Waals surface area (Å²) in [6.07, 6.45) is 3.97. The highest BCUT2D eigenvalue weighted by atomic mass is 16.5. The van der Waals surface area contributed by atoms with E-state index in [-0.39, 0.29) is 28.5 Å². The molecule has 120 valence electrons. The van der Waals surface area contributed by atoms with Crippen LogP contribution in [0.15, 0.2) is 0 Å². The average molecular weight is 294 g/mol. The van der Waals surface area contributed by atoms with Crippen LogP contribution in [0.1, 0.15) is 67.2 Å². The van der Waals surface area contributed by atoms with Gasteiger partial charge >= 0.3 is 5.97 Å². The first-order valence-corrected chi connectivity index (χ1v) is 8.31. The molecular weight excluding hydrogens is 264 g/mol. The van der Waals surface area contributed by atoms with Gasteiger partial charge in [-0.2, -0.15) is 0 Å². The highest BCUT2D eigenvalue weighted by Gasteiger charge is 2.63. The second-order valence-electron chi connectivity index (χ2n) is 8.17. The minimum absolute atomic E-state index is 0.0230. The molecule has 0 heterocycles. The van der Waals surface area contributed by atoms with Crippen molar-refractivity contribution in [3.05, 3.63) is 0 Å². The Hall–Kier alpha value is -0.860. The van der Waals surface area contributed by atoms with Crippen LogP contribution in [0, 0.1) is 28.1 Å². The Morgan fingerprint density at radius 1 is 1.24 bits per heavy atom. The van der Waals surface area contributed by atoms with Gasteiger partial charge in [0.1, 0.15) is 5.41 Å². The summed E-state index contributed by atoms with van der Waals surface area (Å²) in [5.41, 5.74) is -0.765. The number of hydrogen-bond acceptors (Lipinski definition) is 3. The lowest BCUT2D eigenvalue weighted by Gasteiger charge is -2.60. The van der Waals surface area contributed by atoms with E-state index in [1.165, 1.54) is 12.8 Å². The average Bonchev–Trinajstić information content (AvgIpc) is 2.39. The van der Waals surface area contributed by atoms with Crippen molar-refractivity contribution in [2.45, 2.75) is 67.2 Å². The van der Waals surface area contributed by atoms with Gasteiger partial charge in [0.15, 0.2) is 5.78 Å². The molecule has 0 aliphatic heterocycles. The summed E-state index contributed by atoms with van der Waals surface area (Å²) in [6.45, 7) is 12.9. The van der Waals surface area contributed by atoms with Gasteiger partial charge in [0, 0.05) is 6.42 Å². The van der Waals surface area contributed by atoms with Crippen molar-refractivity contribution in [2.75, 3.05) is 6.61 Å². The Morgan fingerprint density at radius 2 is 1.86 bits per heavy atom. The van der Waals surface area contributed by atoms with Gasteiger partial charge in [-0.3, -0.25) is 9.59 Å². The lowest BCUT2D eigenvalue weighted by molar-refractivity contribution is -0.182. The zero-order valence-electron chi connectivity index (χ0n) is 14.4. The van der Waals surface area contributed by atoms with Gasteiger partial charge in [-0.05, 0) is 49.4 Å². The Morgan fingerprint density at radius 3 is 2.43 bits per heavy atom. The van der Waals surface area contributed by atoms with Crippen molar-refractivity contribution >= 4 is 11.8 Å². The van der Waals surface area contributed by atoms with Gasteiger partial charge in [0.2, 0.25) is 0 Å². The van der Waals surface area contributed by atoms with Crippen LogP contribution in [0.5, 0.6) is 0 Å². The molecule has 0 amide bonds. The number of esters is 1. The minimum atomic E-state index is -0.978. The molecule has 2 fully saturated rings. The molecule has 3 nitrogen and oxygen atoms in total. The van der Waals surface area contributed by atoms with Gasteiger partial charge in [-0.25, -0.2) is 0 Å². The largest absolute Gasteiger partial charge is 0.465 e. The summed E-state index contributed by atoms with van der Waals surface area (Å²) in [5.74, 6) is 0.134. The third-order valence-corrected chi connectivity index (χ3v) is 6.80. The molecule has 2 aliphatic rings. The van der Waals surface area contributed by atoms with Crippen LogP contribution in [0.25, 0.3) is 0 Å². The molecule has 2 aliphatic carbocycles. The smallest absolute Gasteiger partial charge is 0.319 e. The zero-order valence-corrected chi connectivity index (χ0v) is 14.4. The fourth-order valence-corrected chi connectivity index (χ4v) is 5.06. The molecule has 0 radical (unpaired) electrons. The van der Waals surface area contributed by atoms with E-state index in [4.69, 9.17) is 4.74 Å². The maximum atomic E-state index is 12.8. The lowest BCUT2D eigenvalue weighted by atomic mass is 9.43. The number of fused-ring (bicyclic) bond motifs is 1. The summed E-state index contributed by atoms with van der Waals surface area (Å²) in [4.78, 5) is 25.3. The predicted octanol–water partition coefficient (Wildman–Crippen LogP) is 4.00. The molecule has 0 aromatic carbocycles. The molecule has 0 aromatic heterocycles. The monoisotopic (exact) mass is 294 g/mol. The van der Waals surface area contributed by atoms with Crippen LogP contribution >= 0.6 is 0 Å². The molecule has 21 heavy (non-hydrogen) atoms. The van der Waals surface area contributed by atoms with E-state index >= 15 is 0 Å². The highest BCUT2D eigenvalue weighted by molar-refractivity contribution is 6.04. The van der Waals surface area contributed by atoms with E-state index in [0.29, 0.717) is 18.9 Å². The van der Waals surface area contributed by atoms with Crippen LogP contribution < -0.4 is 0 Å². The molecule has 0 N–H and O–H groups in total. The number of ketones is 1. The maximum Gasteiger partial charge on any atom is 0.319 e. The van der Waals surface area contributed by atoms with Gasteiger partial charge in [0.05, 0.1) is 6.61 Å². The van der Waals surface area contributed by atoms with E-state index < -0.39 is 5.41 Å². The first-order valence-electron chi connectivity index (χ1n) is 8.31. The van der Waals surface area contributed by atoms with E-state index in [1.54, 1.807) is 13.8 Å². The fraction of sp³-hybridized carbons (Fsp3) is 0.889. The van der Waals surface area contributed by atoms with Crippen molar-refractivity contribution in [1.82, 2.24) is 0 Å². The molecule has 0 saturated heterocycles. The minimum Gasteiger partial charge on any atom is -0.465 e. The van der Waals surface area contributed by atoms with E-state index in [1.807, 2.05) is 0 Å². The third-order valence-electron chi connectivity index (χ3n) is 6.80. The van der Waals surface area contributed by atoms with E-state index in [0.717, 1.165) is 6.42 Å². The Bertz CT molecular complexity index is 453. The summed E-state index contributed by atoms with van der Waals surface area (Å²) in [5, 5.41) is 0. The molecule has 0 spiro atoms. The van der Waals surface area contributed by atoms with Gasteiger partial charge < -0.3 is 4.74 Å². The number of hydrogen-bond donors (Lipinski definition) is 0. The summed E-state index contributed by atoms with van der Waals surface area (Å²) < 4.78 is 5.24. The number of Topliss-reactive ketones (excluding diaryl/α,β-unsaturated/α-hetero) is 1. The predicted molar refractivity (Wildman–Crippen MR) is 82.8 cm³/mol. The summed E-state index contributed by atoms with van der Waals surface area (Å²) >= 11 is 0. The summed E-state index contributed by atoms with van der Waals surface area (Å²) in [6, 6.07) is 0. The second-order valence-corrected chi connectivity index (χ2v) is 8.17. The Labute approximate surface area is 128 Å². The number of rotatable bonds is 2. The lowest BCUT2D eigenvalue weighted by Crippen LogP contribution is -2.60. The summed E-state index contributed by atoms with van der Waals surface area (Å²) in [7, 11) is 0. The van der Waals surface area contributed by atoms with Gasteiger partial charge in [-0.15, -0.1) is 0 Å². The molecule has 2 saturated carbocycles. The van der Waals surface area contributed by atoms with Crippen LogP contribution in [0.3, 0.4) is 0 Å². The molecule has 0 aromatic rings. The van der Waals surface area contributed by atoms with Crippen molar-refractivity contribution in [3.8, 4) is 0 Å². The highest BCUT2D eigenvalue weighted by Crippen LogP contribution is 2.63.